The van der Waals surface area contributed by atoms with Gasteiger partial charge in [0.25, 0.3) is 0 Å². The lowest BCUT2D eigenvalue weighted by molar-refractivity contribution is 0.626. The molecule has 1 aromatic carbocycles. The Kier molecular flexibility index (Phi) is 3.24. The van der Waals surface area contributed by atoms with E-state index in [9.17, 15) is 4.39 Å². The maximum atomic E-state index is 13.5. The quantitative estimate of drug-likeness (QED) is 0.905. The zero-order chi connectivity index (χ0) is 11.5. The van der Waals surface area contributed by atoms with E-state index in [4.69, 9.17) is 0 Å². The molecule has 2 N–H and O–H groups in total. The van der Waals surface area contributed by atoms with Gasteiger partial charge in [0, 0.05) is 10.7 Å². The second-order valence-corrected chi connectivity index (χ2v) is 4.42. The molecule has 1 atom stereocenters. The number of nitrogens with one attached hydrogen (secondary N) is 2. The highest BCUT2D eigenvalue weighted by atomic mass is 79.9. The fourth-order valence-corrected chi connectivity index (χ4v) is 1.76. The van der Waals surface area contributed by atoms with Crippen molar-refractivity contribution >= 4 is 21.6 Å². The molecule has 84 valence electrons. The highest BCUT2D eigenvalue weighted by Gasteiger charge is 2.09. The molecule has 0 aliphatic rings. The van der Waals surface area contributed by atoms with Crippen molar-refractivity contribution in [2.45, 2.75) is 13.0 Å². The molecule has 0 spiro atoms. The molecule has 3 nitrogen and oxygen atoms in total. The third-order valence-corrected chi connectivity index (χ3v) is 2.79. The van der Waals surface area contributed by atoms with Crippen LogP contribution < -0.4 is 5.32 Å². The van der Waals surface area contributed by atoms with Crippen LogP contribution in [0.1, 0.15) is 18.7 Å². The molecule has 0 aliphatic carbocycles. The third-order valence-electron chi connectivity index (χ3n) is 2.29. The first kappa shape index (κ1) is 11.1. The van der Waals surface area contributed by atoms with E-state index in [-0.39, 0.29) is 11.9 Å². The first-order chi connectivity index (χ1) is 7.66. The van der Waals surface area contributed by atoms with Gasteiger partial charge in [-0.2, -0.15) is 5.10 Å². The number of rotatable bonds is 3. The van der Waals surface area contributed by atoms with E-state index >= 15 is 0 Å². The van der Waals surface area contributed by atoms with E-state index in [2.05, 4.69) is 31.4 Å². The van der Waals surface area contributed by atoms with Crippen molar-refractivity contribution in [3.63, 3.8) is 0 Å². The van der Waals surface area contributed by atoms with Crippen molar-refractivity contribution in [2.75, 3.05) is 5.32 Å². The van der Waals surface area contributed by atoms with Crippen LogP contribution in [0.3, 0.4) is 0 Å². The van der Waals surface area contributed by atoms with Gasteiger partial charge in [-0.15, -0.1) is 0 Å². The van der Waals surface area contributed by atoms with Crippen LogP contribution in [0.15, 0.2) is 34.9 Å². The number of hydrogen-bond donors (Lipinski definition) is 2. The molecule has 0 amide bonds. The summed E-state index contributed by atoms with van der Waals surface area (Å²) < 4.78 is 14.3. The molecule has 2 rings (SSSR count). The Bertz CT molecular complexity index is 470. The molecule has 0 fully saturated rings. The van der Waals surface area contributed by atoms with E-state index in [0.29, 0.717) is 5.69 Å². The summed E-state index contributed by atoms with van der Waals surface area (Å²) in [5.74, 6) is -0.277. The summed E-state index contributed by atoms with van der Waals surface area (Å²) in [5.41, 5.74) is 1.40. The second-order valence-electron chi connectivity index (χ2n) is 3.50. The molecule has 1 aromatic heterocycles. The van der Waals surface area contributed by atoms with Gasteiger partial charge in [-0.25, -0.2) is 4.39 Å². The first-order valence-electron chi connectivity index (χ1n) is 4.87. The van der Waals surface area contributed by atoms with Crippen molar-refractivity contribution in [3.8, 4) is 0 Å². The summed E-state index contributed by atoms with van der Waals surface area (Å²) in [4.78, 5) is 0. The number of hydrogen-bond acceptors (Lipinski definition) is 2. The maximum absolute atomic E-state index is 13.5. The van der Waals surface area contributed by atoms with E-state index in [1.807, 2.05) is 13.0 Å². The van der Waals surface area contributed by atoms with Crippen LogP contribution in [0, 0.1) is 5.82 Å². The van der Waals surface area contributed by atoms with Crippen molar-refractivity contribution in [3.05, 3.63) is 46.4 Å². The average Bonchev–Trinajstić information content (AvgIpc) is 2.75. The minimum Gasteiger partial charge on any atom is -0.375 e. The van der Waals surface area contributed by atoms with Gasteiger partial charge >= 0.3 is 0 Å². The lowest BCUT2D eigenvalue weighted by Crippen LogP contribution is -2.08. The fourth-order valence-electron chi connectivity index (χ4n) is 1.43. The molecule has 16 heavy (non-hydrogen) atoms. The molecule has 0 saturated carbocycles. The van der Waals surface area contributed by atoms with Crippen LogP contribution in [0.2, 0.25) is 0 Å². The van der Waals surface area contributed by atoms with Gasteiger partial charge in [-0.3, -0.25) is 5.10 Å². The molecular weight excluding hydrogens is 273 g/mol. The average molecular weight is 284 g/mol. The fraction of sp³-hybridized carbons (Fsp3) is 0.182. The summed E-state index contributed by atoms with van der Waals surface area (Å²) in [5, 5.41) is 9.77. The maximum Gasteiger partial charge on any atom is 0.147 e. The van der Waals surface area contributed by atoms with Crippen molar-refractivity contribution < 1.29 is 4.39 Å². The van der Waals surface area contributed by atoms with Crippen LogP contribution in [-0.4, -0.2) is 10.2 Å². The van der Waals surface area contributed by atoms with Crippen LogP contribution in [0.5, 0.6) is 0 Å². The van der Waals surface area contributed by atoms with Gasteiger partial charge < -0.3 is 5.32 Å². The number of aromatic amines is 1. The second kappa shape index (κ2) is 4.65. The van der Waals surface area contributed by atoms with Gasteiger partial charge in [-0.1, -0.05) is 15.9 Å². The number of aromatic nitrogens is 2. The van der Waals surface area contributed by atoms with E-state index in [0.717, 1.165) is 10.2 Å². The first-order valence-corrected chi connectivity index (χ1v) is 5.67. The minimum atomic E-state index is -0.277. The lowest BCUT2D eigenvalue weighted by atomic mass is 10.2. The largest absolute Gasteiger partial charge is 0.375 e. The van der Waals surface area contributed by atoms with Crippen LogP contribution in [-0.2, 0) is 0 Å². The zero-order valence-electron chi connectivity index (χ0n) is 8.67. The highest BCUT2D eigenvalue weighted by Crippen LogP contribution is 2.23. The molecule has 2 aromatic rings. The summed E-state index contributed by atoms with van der Waals surface area (Å²) in [6.07, 6.45) is 1.67. The lowest BCUT2D eigenvalue weighted by Gasteiger charge is -2.14. The van der Waals surface area contributed by atoms with E-state index in [1.165, 1.54) is 6.07 Å². The van der Waals surface area contributed by atoms with Gasteiger partial charge in [0.2, 0.25) is 0 Å². The summed E-state index contributed by atoms with van der Waals surface area (Å²) in [6, 6.07) is 6.77. The van der Waals surface area contributed by atoms with Gasteiger partial charge in [0.15, 0.2) is 0 Å². The predicted octanol–water partition coefficient (Wildman–Crippen LogP) is 3.48. The Morgan fingerprint density at radius 3 is 2.88 bits per heavy atom. The topological polar surface area (TPSA) is 40.7 Å². The Hall–Kier alpha value is -1.36. The summed E-state index contributed by atoms with van der Waals surface area (Å²) in [6.45, 7) is 1.94. The SMILES string of the molecule is CC(Nc1ccc(Br)cc1F)c1ccn[nH]1. The number of halogens is 2. The van der Waals surface area contributed by atoms with Crippen molar-refractivity contribution in [2.24, 2.45) is 0 Å². The molecule has 0 bridgehead atoms. The Labute approximate surface area is 101 Å². The third kappa shape index (κ3) is 2.41. The Balaban J connectivity index is 2.15. The molecular formula is C11H11BrFN3. The van der Waals surface area contributed by atoms with Gasteiger partial charge in [-0.05, 0) is 31.2 Å². The number of H-pyrrole nitrogens is 1. The Morgan fingerprint density at radius 2 is 2.25 bits per heavy atom. The smallest absolute Gasteiger partial charge is 0.147 e. The Morgan fingerprint density at radius 1 is 1.44 bits per heavy atom. The zero-order valence-corrected chi connectivity index (χ0v) is 10.3. The molecule has 1 heterocycles. The predicted molar refractivity (Wildman–Crippen MR) is 64.7 cm³/mol. The monoisotopic (exact) mass is 283 g/mol. The van der Waals surface area contributed by atoms with Gasteiger partial charge in [0.05, 0.1) is 17.4 Å². The molecule has 5 heteroatoms. The summed E-state index contributed by atoms with van der Waals surface area (Å²) >= 11 is 3.22. The van der Waals surface area contributed by atoms with Crippen LogP contribution in [0.25, 0.3) is 0 Å². The standard InChI is InChI=1S/C11H11BrFN3/c1-7(10-4-5-14-16-10)15-11-3-2-8(12)6-9(11)13/h2-7,15H,1H3,(H,14,16). The van der Waals surface area contributed by atoms with Crippen LogP contribution >= 0.6 is 15.9 Å². The number of anilines is 1. The number of benzene rings is 1. The van der Waals surface area contributed by atoms with Crippen molar-refractivity contribution in [1.82, 2.24) is 10.2 Å². The van der Waals surface area contributed by atoms with E-state index < -0.39 is 0 Å². The molecule has 0 saturated heterocycles. The van der Waals surface area contributed by atoms with Crippen molar-refractivity contribution in [1.29, 1.82) is 0 Å². The molecule has 0 radical (unpaired) electrons. The van der Waals surface area contributed by atoms with Gasteiger partial charge in [0.1, 0.15) is 5.82 Å². The molecule has 1 unspecified atom stereocenters. The molecule has 0 aliphatic heterocycles. The summed E-state index contributed by atoms with van der Waals surface area (Å²) in [7, 11) is 0. The van der Waals surface area contributed by atoms with E-state index in [1.54, 1.807) is 18.3 Å². The highest BCUT2D eigenvalue weighted by molar-refractivity contribution is 9.10. The number of nitrogens with zero attached hydrogens (tertiary/aromatic N) is 1. The minimum absolute atomic E-state index is 0.0156. The normalized spacial score (nSPS) is 12.4. The van der Waals surface area contributed by atoms with Crippen LogP contribution in [0.4, 0.5) is 10.1 Å².